The maximum absolute atomic E-state index is 12.8. The van der Waals surface area contributed by atoms with E-state index >= 15 is 0 Å². The van der Waals surface area contributed by atoms with E-state index in [1.807, 2.05) is 30.3 Å². The Labute approximate surface area is 146 Å². The fraction of sp³-hybridized carbons (Fsp3) is 0.400. The number of esters is 2. The van der Waals surface area contributed by atoms with Crippen molar-refractivity contribution in [2.24, 2.45) is 5.41 Å². The fourth-order valence-electron chi connectivity index (χ4n) is 3.63. The summed E-state index contributed by atoms with van der Waals surface area (Å²) in [4.78, 5) is 25.6. The van der Waals surface area contributed by atoms with Crippen molar-refractivity contribution in [3.63, 3.8) is 0 Å². The average Bonchev–Trinajstić information content (AvgIpc) is 2.62. The van der Waals surface area contributed by atoms with E-state index < -0.39 is 17.4 Å². The molecule has 0 spiro atoms. The van der Waals surface area contributed by atoms with E-state index in [0.29, 0.717) is 5.75 Å². The van der Waals surface area contributed by atoms with Gasteiger partial charge in [-0.25, -0.2) is 0 Å². The van der Waals surface area contributed by atoms with Gasteiger partial charge in [-0.2, -0.15) is 0 Å². The molecule has 0 aromatic heterocycles. The van der Waals surface area contributed by atoms with E-state index in [1.165, 1.54) is 0 Å². The van der Waals surface area contributed by atoms with E-state index in [1.54, 1.807) is 21.0 Å². The Morgan fingerprint density at radius 1 is 1.00 bits per heavy atom. The third-order valence-corrected chi connectivity index (χ3v) is 4.72. The van der Waals surface area contributed by atoms with Crippen LogP contribution in [0, 0.1) is 5.41 Å². The molecule has 0 unspecified atom stereocenters. The molecule has 0 saturated carbocycles. The minimum Gasteiger partial charge on any atom is -0.496 e. The number of hydrogen-bond acceptors (Lipinski definition) is 5. The summed E-state index contributed by atoms with van der Waals surface area (Å²) in [6.45, 7) is 3.88. The van der Waals surface area contributed by atoms with Crippen molar-refractivity contribution in [1.82, 2.24) is 0 Å². The first-order valence-electron chi connectivity index (χ1n) is 8.49. The van der Waals surface area contributed by atoms with Gasteiger partial charge in [0.25, 0.3) is 0 Å². The first-order valence-corrected chi connectivity index (χ1v) is 8.49. The zero-order chi connectivity index (χ0) is 18.0. The van der Waals surface area contributed by atoms with Gasteiger partial charge in [0.05, 0.1) is 20.3 Å². The van der Waals surface area contributed by atoms with Crippen LogP contribution in [0.5, 0.6) is 5.75 Å². The molecule has 1 aliphatic rings. The Morgan fingerprint density at radius 3 is 2.28 bits per heavy atom. The topological polar surface area (TPSA) is 61.8 Å². The molecular weight excluding hydrogens is 320 g/mol. The van der Waals surface area contributed by atoms with Gasteiger partial charge in [-0.15, -0.1) is 0 Å². The quantitative estimate of drug-likeness (QED) is 0.617. The van der Waals surface area contributed by atoms with Crippen molar-refractivity contribution >= 4 is 22.7 Å². The predicted octanol–water partition coefficient (Wildman–Crippen LogP) is 3.06. The lowest BCUT2D eigenvalue weighted by Crippen LogP contribution is -2.47. The molecule has 0 N–H and O–H groups in total. The summed E-state index contributed by atoms with van der Waals surface area (Å²) in [6, 6.07) is 9.75. The monoisotopic (exact) mass is 342 g/mol. The fourth-order valence-corrected chi connectivity index (χ4v) is 3.63. The summed E-state index contributed by atoms with van der Waals surface area (Å²) < 4.78 is 16.0. The van der Waals surface area contributed by atoms with E-state index in [-0.39, 0.29) is 26.1 Å². The molecule has 132 valence electrons. The summed E-state index contributed by atoms with van der Waals surface area (Å²) in [6.07, 6.45) is 0.477. The van der Waals surface area contributed by atoms with Crippen LogP contribution in [0.3, 0.4) is 0 Å². The number of ether oxygens (including phenoxy) is 3. The predicted molar refractivity (Wildman–Crippen MR) is 93.6 cm³/mol. The van der Waals surface area contributed by atoms with Gasteiger partial charge in [0.1, 0.15) is 5.75 Å². The lowest BCUT2D eigenvalue weighted by atomic mass is 9.70. The number of carbonyl (C=O) groups excluding carboxylic acids is 2. The molecule has 0 saturated heterocycles. The van der Waals surface area contributed by atoms with Crippen molar-refractivity contribution < 1.29 is 23.8 Å². The first-order chi connectivity index (χ1) is 12.1. The van der Waals surface area contributed by atoms with E-state index in [2.05, 4.69) is 0 Å². The van der Waals surface area contributed by atoms with E-state index in [9.17, 15) is 9.59 Å². The summed E-state index contributed by atoms with van der Waals surface area (Å²) >= 11 is 0. The first kappa shape index (κ1) is 17.3. The lowest BCUT2D eigenvalue weighted by Gasteiger charge is -2.34. The van der Waals surface area contributed by atoms with Gasteiger partial charge < -0.3 is 14.2 Å². The minimum absolute atomic E-state index is 0.211. The van der Waals surface area contributed by atoms with Gasteiger partial charge >= 0.3 is 11.9 Å². The SMILES string of the molecule is CCOC(=O)C1(C(=O)OCC)Cc2cccc3ccc(OC)c(c23)C1. The number of hydrogen-bond donors (Lipinski definition) is 0. The highest BCUT2D eigenvalue weighted by atomic mass is 16.6. The number of benzene rings is 2. The Balaban J connectivity index is 2.21. The molecule has 3 rings (SSSR count). The van der Waals surface area contributed by atoms with Crippen LogP contribution >= 0.6 is 0 Å². The van der Waals surface area contributed by atoms with Gasteiger partial charge in [0, 0.05) is 18.4 Å². The molecule has 0 radical (unpaired) electrons. The molecule has 0 aliphatic heterocycles. The van der Waals surface area contributed by atoms with Gasteiger partial charge in [-0.1, -0.05) is 24.3 Å². The number of rotatable bonds is 5. The smallest absolute Gasteiger partial charge is 0.324 e. The van der Waals surface area contributed by atoms with Gasteiger partial charge in [0.2, 0.25) is 0 Å². The third kappa shape index (κ3) is 2.73. The van der Waals surface area contributed by atoms with Crippen LogP contribution in [0.25, 0.3) is 10.8 Å². The maximum Gasteiger partial charge on any atom is 0.324 e. The largest absolute Gasteiger partial charge is 0.496 e. The lowest BCUT2D eigenvalue weighted by molar-refractivity contribution is -0.172. The molecule has 0 bridgehead atoms. The summed E-state index contributed by atoms with van der Waals surface area (Å²) in [5.74, 6) is -0.415. The second kappa shape index (κ2) is 6.75. The Hall–Kier alpha value is -2.56. The molecule has 2 aromatic carbocycles. The van der Waals surface area contributed by atoms with Gasteiger partial charge in [-0.3, -0.25) is 9.59 Å². The van der Waals surface area contributed by atoms with Crippen LogP contribution in [-0.4, -0.2) is 32.3 Å². The van der Waals surface area contributed by atoms with Crippen molar-refractivity contribution in [3.05, 3.63) is 41.5 Å². The molecular formula is C20H22O5. The summed E-state index contributed by atoms with van der Waals surface area (Å²) in [5, 5.41) is 2.11. The summed E-state index contributed by atoms with van der Waals surface area (Å²) in [7, 11) is 1.59. The second-order valence-corrected chi connectivity index (χ2v) is 6.14. The molecule has 0 fully saturated rings. The zero-order valence-electron chi connectivity index (χ0n) is 14.8. The van der Waals surface area contributed by atoms with Crippen LogP contribution < -0.4 is 4.74 Å². The van der Waals surface area contributed by atoms with Crippen molar-refractivity contribution in [2.45, 2.75) is 26.7 Å². The van der Waals surface area contributed by atoms with Crippen LogP contribution in [-0.2, 0) is 31.9 Å². The van der Waals surface area contributed by atoms with Crippen LogP contribution in [0.2, 0.25) is 0 Å². The van der Waals surface area contributed by atoms with Crippen LogP contribution in [0.4, 0.5) is 0 Å². The number of carbonyl (C=O) groups is 2. The van der Waals surface area contributed by atoms with Crippen LogP contribution in [0.1, 0.15) is 25.0 Å². The highest BCUT2D eigenvalue weighted by molar-refractivity contribution is 6.04. The molecule has 1 aliphatic carbocycles. The molecule has 0 amide bonds. The zero-order valence-corrected chi connectivity index (χ0v) is 14.8. The van der Waals surface area contributed by atoms with Gasteiger partial charge in [-0.05, 0) is 36.2 Å². The molecule has 5 nitrogen and oxygen atoms in total. The van der Waals surface area contributed by atoms with Crippen molar-refractivity contribution in [3.8, 4) is 5.75 Å². The molecule has 0 heterocycles. The molecule has 0 atom stereocenters. The molecule has 25 heavy (non-hydrogen) atoms. The number of methoxy groups -OCH3 is 1. The highest BCUT2D eigenvalue weighted by Crippen LogP contribution is 2.44. The van der Waals surface area contributed by atoms with E-state index in [0.717, 1.165) is 21.9 Å². The van der Waals surface area contributed by atoms with E-state index in [4.69, 9.17) is 14.2 Å². The molecule has 2 aromatic rings. The maximum atomic E-state index is 12.8. The standard InChI is InChI=1S/C20H22O5/c1-4-24-18(21)20(19(22)25-5-2)11-14-8-6-7-13-9-10-16(23-3)15(12-20)17(13)14/h6-10H,4-5,11-12H2,1-3H3. The van der Waals surface area contributed by atoms with Gasteiger partial charge in [0.15, 0.2) is 5.41 Å². The normalized spacial score (nSPS) is 14.8. The Kier molecular flexibility index (Phi) is 4.66. The molecule has 5 heteroatoms. The minimum atomic E-state index is -1.37. The van der Waals surface area contributed by atoms with Crippen molar-refractivity contribution in [1.29, 1.82) is 0 Å². The van der Waals surface area contributed by atoms with Crippen LogP contribution in [0.15, 0.2) is 30.3 Å². The highest BCUT2D eigenvalue weighted by Gasteiger charge is 2.52. The summed E-state index contributed by atoms with van der Waals surface area (Å²) in [5.41, 5.74) is 0.406. The van der Waals surface area contributed by atoms with Crippen molar-refractivity contribution in [2.75, 3.05) is 20.3 Å². The Morgan fingerprint density at radius 2 is 1.68 bits per heavy atom. The second-order valence-electron chi connectivity index (χ2n) is 6.14. The average molecular weight is 342 g/mol. The Bertz CT molecular complexity index is 806. The third-order valence-electron chi connectivity index (χ3n) is 4.72.